The summed E-state index contributed by atoms with van der Waals surface area (Å²) in [5.74, 6) is 0. The molecule has 56 valence electrons. The predicted molar refractivity (Wildman–Crippen MR) is 54.7 cm³/mol. The van der Waals surface area contributed by atoms with Crippen LogP contribution in [0.25, 0.3) is 0 Å². The summed E-state index contributed by atoms with van der Waals surface area (Å²) in [6.45, 7) is 5.67. The van der Waals surface area contributed by atoms with Crippen molar-refractivity contribution in [2.75, 3.05) is 13.2 Å². The number of ether oxygens (including phenoxy) is 1. The summed E-state index contributed by atoms with van der Waals surface area (Å²) in [4.78, 5) is 0. The largest absolute Gasteiger partial charge is 0.382 e. The first kappa shape index (κ1) is 13.1. The zero-order valence-electron chi connectivity index (χ0n) is 5.53. The van der Waals surface area contributed by atoms with E-state index in [1.165, 1.54) is 0 Å². The minimum atomic E-state index is 0.271. The van der Waals surface area contributed by atoms with E-state index in [0.29, 0.717) is 0 Å². The second-order valence-electron chi connectivity index (χ2n) is 1.03. The van der Waals surface area contributed by atoms with Crippen molar-refractivity contribution in [3.05, 3.63) is 0 Å². The first-order chi connectivity index (χ1) is 4.15. The lowest BCUT2D eigenvalue weighted by molar-refractivity contribution is 0.162. The number of halogens is 3. The van der Waals surface area contributed by atoms with Crippen LogP contribution in [0.2, 0.25) is 0 Å². The molecule has 0 aromatic heterocycles. The summed E-state index contributed by atoms with van der Waals surface area (Å²) >= 11 is 9.31. The van der Waals surface area contributed by atoms with Crippen molar-refractivity contribution >= 4 is 50.5 Å². The van der Waals surface area contributed by atoms with Crippen molar-refractivity contribution in [2.24, 2.45) is 0 Å². The van der Waals surface area contributed by atoms with Gasteiger partial charge in [0.2, 0.25) is 0 Å². The van der Waals surface area contributed by atoms with Gasteiger partial charge >= 0.3 is 3.18 Å². The molecule has 0 aromatic carbocycles. The molecule has 0 rings (SSSR count). The van der Waals surface area contributed by atoms with Crippen LogP contribution in [0.1, 0.15) is 13.8 Å². The Morgan fingerprint density at radius 3 is 1.33 bits per heavy atom. The predicted octanol–water partition coefficient (Wildman–Crippen LogP) is 3.20. The molecule has 0 fully saturated rings. The molecule has 0 unspecified atom stereocenters. The Labute approximate surface area is 81.9 Å². The fourth-order valence-corrected chi connectivity index (χ4v) is 0.204. The summed E-state index contributed by atoms with van der Waals surface area (Å²) in [6, 6.07) is 0. The molecule has 0 spiro atoms. The van der Waals surface area contributed by atoms with Gasteiger partial charge in [-0.2, -0.15) is 0 Å². The van der Waals surface area contributed by atoms with E-state index in [9.17, 15) is 0 Å². The Bertz CT molecular complexity index is 40.0. The molecule has 5 heteroatoms. The highest BCUT2D eigenvalue weighted by Gasteiger charge is 1.87. The minimum Gasteiger partial charge on any atom is -0.382 e. The maximum Gasteiger partial charge on any atom is 0.369 e. The zero-order chi connectivity index (χ0) is 7.70. The molecule has 0 heterocycles. The lowest BCUT2D eigenvalue weighted by Crippen LogP contribution is -1.84. The van der Waals surface area contributed by atoms with Crippen molar-refractivity contribution < 1.29 is 4.74 Å². The van der Waals surface area contributed by atoms with Gasteiger partial charge in [0.1, 0.15) is 0 Å². The molecule has 0 radical (unpaired) electrons. The van der Waals surface area contributed by atoms with Crippen LogP contribution in [0, 0.1) is 0 Å². The summed E-state index contributed by atoms with van der Waals surface area (Å²) in [6.07, 6.45) is 0. The maximum atomic E-state index is 4.83. The van der Waals surface area contributed by atoms with Gasteiger partial charge in [-0.25, -0.2) is 0 Å². The molecule has 0 aromatic rings. The monoisotopic (exact) mass is 322 g/mol. The van der Waals surface area contributed by atoms with E-state index in [4.69, 9.17) is 4.74 Å². The van der Waals surface area contributed by atoms with Crippen molar-refractivity contribution in [1.82, 2.24) is 0 Å². The van der Waals surface area contributed by atoms with Gasteiger partial charge in [-0.15, -0.1) is 47.3 Å². The fourth-order valence-electron chi connectivity index (χ4n) is 0.204. The third kappa shape index (κ3) is 43.9. The summed E-state index contributed by atoms with van der Waals surface area (Å²) < 4.78 is 5.10. The lowest BCUT2D eigenvalue weighted by atomic mass is 10.8. The zero-order valence-corrected chi connectivity index (χ0v) is 10.3. The molecule has 0 aliphatic rings. The van der Waals surface area contributed by atoms with Gasteiger partial charge in [-0.3, -0.25) is 0 Å². The quantitative estimate of drug-likeness (QED) is 0.709. The van der Waals surface area contributed by atoms with Crippen LogP contribution in [-0.4, -0.2) is 16.4 Å². The molecular formula is C4H10BBr3O. The molecule has 0 saturated carbocycles. The van der Waals surface area contributed by atoms with Crippen LogP contribution in [0.4, 0.5) is 0 Å². The highest BCUT2D eigenvalue weighted by Crippen LogP contribution is 2.07. The van der Waals surface area contributed by atoms with Crippen LogP contribution in [0.15, 0.2) is 0 Å². The Morgan fingerprint density at radius 1 is 1.11 bits per heavy atom. The second kappa shape index (κ2) is 12.2. The Kier molecular flexibility index (Phi) is 17.7. The first-order valence-corrected chi connectivity index (χ1v) is 5.39. The number of hydrogen-bond donors (Lipinski definition) is 0. The van der Waals surface area contributed by atoms with Crippen molar-refractivity contribution in [3.63, 3.8) is 0 Å². The molecule has 0 amide bonds. The van der Waals surface area contributed by atoms with Crippen LogP contribution in [0.5, 0.6) is 0 Å². The molecule has 0 bridgehead atoms. The van der Waals surface area contributed by atoms with Crippen molar-refractivity contribution in [2.45, 2.75) is 13.8 Å². The van der Waals surface area contributed by atoms with Gasteiger partial charge in [-0.05, 0) is 13.8 Å². The Balaban J connectivity index is 0. The molecule has 0 aliphatic carbocycles. The van der Waals surface area contributed by atoms with Crippen molar-refractivity contribution in [1.29, 1.82) is 0 Å². The topological polar surface area (TPSA) is 9.23 Å². The fraction of sp³-hybridized carbons (Fsp3) is 1.00. The summed E-state index contributed by atoms with van der Waals surface area (Å²) in [5.41, 5.74) is 0. The van der Waals surface area contributed by atoms with E-state index >= 15 is 0 Å². The smallest absolute Gasteiger partial charge is 0.369 e. The number of rotatable bonds is 2. The molecule has 0 aliphatic heterocycles. The Morgan fingerprint density at radius 2 is 1.33 bits per heavy atom. The average Bonchev–Trinajstić information content (AvgIpc) is 1.66. The molecule has 0 N–H and O–H groups in total. The van der Waals surface area contributed by atoms with Crippen LogP contribution in [0.3, 0.4) is 0 Å². The van der Waals surface area contributed by atoms with E-state index in [-0.39, 0.29) is 3.18 Å². The van der Waals surface area contributed by atoms with E-state index in [1.807, 2.05) is 13.8 Å². The maximum absolute atomic E-state index is 4.83. The van der Waals surface area contributed by atoms with Crippen LogP contribution in [-0.2, 0) is 4.74 Å². The minimum absolute atomic E-state index is 0.271. The third-order valence-electron chi connectivity index (χ3n) is 0.408. The van der Waals surface area contributed by atoms with Crippen molar-refractivity contribution in [3.8, 4) is 0 Å². The number of hydrogen-bond acceptors (Lipinski definition) is 1. The van der Waals surface area contributed by atoms with Gasteiger partial charge in [0.05, 0.1) is 0 Å². The summed E-state index contributed by atoms with van der Waals surface area (Å²) in [5, 5.41) is 0. The van der Waals surface area contributed by atoms with Gasteiger partial charge in [-0.1, -0.05) is 0 Å². The van der Waals surface area contributed by atoms with E-state index in [2.05, 4.69) is 47.3 Å². The highest BCUT2D eigenvalue weighted by molar-refractivity contribution is 9.69. The normalized spacial score (nSPS) is 7.67. The lowest BCUT2D eigenvalue weighted by Gasteiger charge is -1.86. The SMILES string of the molecule is BrB(Br)Br.CCOCC. The van der Waals surface area contributed by atoms with Gasteiger partial charge in [0, 0.05) is 13.2 Å². The van der Waals surface area contributed by atoms with Gasteiger partial charge in [0.25, 0.3) is 0 Å². The van der Waals surface area contributed by atoms with Crippen LogP contribution < -0.4 is 0 Å². The molecule has 9 heavy (non-hydrogen) atoms. The first-order valence-electron chi connectivity index (χ1n) is 2.65. The second-order valence-corrected chi connectivity index (χ2v) is 7.46. The molecular weight excluding hydrogens is 315 g/mol. The molecule has 1 nitrogen and oxygen atoms in total. The van der Waals surface area contributed by atoms with E-state index in [1.54, 1.807) is 0 Å². The standard InChI is InChI=1S/C4H10O.BBr3/c1-3-5-4-2;2-1(3)4/h3-4H2,1-2H3;. The Hall–Kier alpha value is 1.46. The third-order valence-corrected chi connectivity index (χ3v) is 0.408. The van der Waals surface area contributed by atoms with Crippen LogP contribution >= 0.6 is 47.3 Å². The van der Waals surface area contributed by atoms with E-state index in [0.717, 1.165) is 13.2 Å². The average molecular weight is 325 g/mol. The van der Waals surface area contributed by atoms with Gasteiger partial charge < -0.3 is 4.74 Å². The molecule has 0 saturated heterocycles. The molecule has 0 atom stereocenters. The summed E-state index contributed by atoms with van der Waals surface area (Å²) in [7, 11) is 0. The highest BCUT2D eigenvalue weighted by atomic mass is 79.9. The van der Waals surface area contributed by atoms with E-state index < -0.39 is 0 Å². The van der Waals surface area contributed by atoms with Gasteiger partial charge in [0.15, 0.2) is 0 Å².